The van der Waals surface area contributed by atoms with E-state index in [1.165, 1.54) is 11.1 Å². The second-order valence-electron chi connectivity index (χ2n) is 5.86. The third-order valence-corrected chi connectivity index (χ3v) is 3.54. The van der Waals surface area contributed by atoms with Crippen molar-refractivity contribution in [2.45, 2.75) is 39.5 Å². The van der Waals surface area contributed by atoms with Gasteiger partial charge in [0, 0.05) is 5.69 Å². The van der Waals surface area contributed by atoms with Crippen molar-refractivity contribution in [2.75, 3.05) is 5.32 Å². The zero-order valence-electron chi connectivity index (χ0n) is 13.3. The number of aliphatic imine (C=N–C) groups is 1. The van der Waals surface area contributed by atoms with Crippen LogP contribution in [0.15, 0.2) is 53.5 Å². The molecule has 0 aliphatic carbocycles. The maximum absolute atomic E-state index is 4.71. The summed E-state index contributed by atoms with van der Waals surface area (Å²) in [6.45, 7) is 8.85. The number of nitrogens with one attached hydrogen (secondary N) is 1. The largest absolute Gasteiger partial charge is 0.346 e. The van der Waals surface area contributed by atoms with E-state index < -0.39 is 0 Å². The molecule has 0 unspecified atom stereocenters. The number of rotatable bonds is 5. The topological polar surface area (TPSA) is 24.4 Å². The standard InChI is InChI=1S/C19H24N2/c1-14(2)17-11-8-12-18(15(3)4)19(17)21-13-20-16-9-6-5-7-10-16/h5-15H,1-4H3,(H,20,21). The molecule has 2 aromatic rings. The number of benzene rings is 2. The maximum atomic E-state index is 4.71. The molecular weight excluding hydrogens is 256 g/mol. The minimum atomic E-state index is 0.465. The molecule has 1 N–H and O–H groups in total. The lowest BCUT2D eigenvalue weighted by molar-refractivity contribution is 0.835. The Balaban J connectivity index is 2.29. The third-order valence-electron chi connectivity index (χ3n) is 3.54. The summed E-state index contributed by atoms with van der Waals surface area (Å²) in [5.41, 5.74) is 4.75. The van der Waals surface area contributed by atoms with Gasteiger partial charge in [-0.05, 0) is 35.1 Å². The smallest absolute Gasteiger partial charge is 0.0930 e. The van der Waals surface area contributed by atoms with Crippen molar-refractivity contribution in [1.29, 1.82) is 0 Å². The Morgan fingerprint density at radius 3 is 1.90 bits per heavy atom. The highest BCUT2D eigenvalue weighted by molar-refractivity contribution is 5.79. The molecule has 2 rings (SSSR count). The lowest BCUT2D eigenvalue weighted by Gasteiger charge is -2.16. The van der Waals surface area contributed by atoms with E-state index in [0.29, 0.717) is 11.8 Å². The number of nitrogens with zero attached hydrogens (tertiary/aromatic N) is 1. The van der Waals surface area contributed by atoms with Gasteiger partial charge in [-0.3, -0.25) is 0 Å². The van der Waals surface area contributed by atoms with Crippen molar-refractivity contribution in [3.05, 3.63) is 59.7 Å². The first-order valence-corrected chi connectivity index (χ1v) is 7.56. The van der Waals surface area contributed by atoms with Gasteiger partial charge in [0.25, 0.3) is 0 Å². The summed E-state index contributed by atoms with van der Waals surface area (Å²) in [5.74, 6) is 0.931. The highest BCUT2D eigenvalue weighted by atomic mass is 14.9. The summed E-state index contributed by atoms with van der Waals surface area (Å²) < 4.78 is 0. The van der Waals surface area contributed by atoms with Crippen molar-refractivity contribution in [3.8, 4) is 0 Å². The Morgan fingerprint density at radius 1 is 0.810 bits per heavy atom. The van der Waals surface area contributed by atoms with E-state index in [4.69, 9.17) is 4.99 Å². The zero-order valence-corrected chi connectivity index (χ0v) is 13.3. The Morgan fingerprint density at radius 2 is 1.38 bits per heavy atom. The lowest BCUT2D eigenvalue weighted by Crippen LogP contribution is -1.98. The molecule has 0 aliphatic rings. The Labute approximate surface area is 127 Å². The molecule has 21 heavy (non-hydrogen) atoms. The Hall–Kier alpha value is -2.09. The van der Waals surface area contributed by atoms with Gasteiger partial charge < -0.3 is 5.32 Å². The monoisotopic (exact) mass is 280 g/mol. The number of para-hydroxylation sites is 2. The molecule has 2 heteroatoms. The van der Waals surface area contributed by atoms with Gasteiger partial charge in [0.15, 0.2) is 0 Å². The van der Waals surface area contributed by atoms with Crippen molar-refractivity contribution in [1.82, 2.24) is 0 Å². The number of anilines is 1. The second kappa shape index (κ2) is 7.07. The molecule has 2 nitrogen and oxygen atoms in total. The quantitative estimate of drug-likeness (QED) is 0.551. The highest BCUT2D eigenvalue weighted by Crippen LogP contribution is 2.34. The molecule has 0 saturated heterocycles. The van der Waals surface area contributed by atoms with Crippen molar-refractivity contribution in [2.24, 2.45) is 4.99 Å². The Kier molecular flexibility index (Phi) is 5.15. The van der Waals surface area contributed by atoms with Gasteiger partial charge in [-0.2, -0.15) is 0 Å². The third kappa shape index (κ3) is 3.94. The Bertz CT molecular complexity index is 572. The van der Waals surface area contributed by atoms with E-state index in [-0.39, 0.29) is 0 Å². The first-order valence-electron chi connectivity index (χ1n) is 7.56. The first kappa shape index (κ1) is 15.3. The summed E-state index contributed by atoms with van der Waals surface area (Å²) in [7, 11) is 0. The zero-order chi connectivity index (χ0) is 15.2. The van der Waals surface area contributed by atoms with Gasteiger partial charge in [-0.1, -0.05) is 64.1 Å². The number of hydrogen-bond acceptors (Lipinski definition) is 1. The van der Waals surface area contributed by atoms with Crippen molar-refractivity contribution >= 4 is 17.7 Å². The van der Waals surface area contributed by atoms with Crippen molar-refractivity contribution in [3.63, 3.8) is 0 Å². The molecule has 0 atom stereocenters. The minimum Gasteiger partial charge on any atom is -0.346 e. The SMILES string of the molecule is CC(C)c1cccc(C(C)C)c1N=CNc1ccccc1. The normalized spacial score (nSPS) is 11.5. The van der Waals surface area contributed by atoms with Crippen LogP contribution in [0.4, 0.5) is 11.4 Å². The lowest BCUT2D eigenvalue weighted by atomic mass is 9.93. The fraction of sp³-hybridized carbons (Fsp3) is 0.316. The average molecular weight is 280 g/mol. The van der Waals surface area contributed by atoms with E-state index in [9.17, 15) is 0 Å². The van der Waals surface area contributed by atoms with Crippen LogP contribution in [0, 0.1) is 0 Å². The van der Waals surface area contributed by atoms with Crippen LogP contribution in [-0.2, 0) is 0 Å². The molecule has 0 fully saturated rings. The molecular formula is C19H24N2. The van der Waals surface area contributed by atoms with E-state index in [1.807, 2.05) is 30.3 Å². The van der Waals surface area contributed by atoms with E-state index in [1.54, 1.807) is 6.34 Å². The van der Waals surface area contributed by atoms with Crippen LogP contribution in [0.1, 0.15) is 50.7 Å². The van der Waals surface area contributed by atoms with Crippen LogP contribution in [0.3, 0.4) is 0 Å². The van der Waals surface area contributed by atoms with Gasteiger partial charge in [0.1, 0.15) is 0 Å². The fourth-order valence-corrected chi connectivity index (χ4v) is 2.37. The molecule has 0 heterocycles. The van der Waals surface area contributed by atoms with Gasteiger partial charge in [0.2, 0.25) is 0 Å². The second-order valence-corrected chi connectivity index (χ2v) is 5.86. The van der Waals surface area contributed by atoms with Crippen LogP contribution >= 0.6 is 0 Å². The molecule has 110 valence electrons. The van der Waals surface area contributed by atoms with E-state index >= 15 is 0 Å². The van der Waals surface area contributed by atoms with Gasteiger partial charge in [0.05, 0.1) is 12.0 Å². The molecule has 0 amide bonds. The van der Waals surface area contributed by atoms with Crippen LogP contribution in [0.2, 0.25) is 0 Å². The number of hydrogen-bond donors (Lipinski definition) is 1. The predicted octanol–water partition coefficient (Wildman–Crippen LogP) is 5.71. The summed E-state index contributed by atoms with van der Waals surface area (Å²) in [4.78, 5) is 4.71. The molecule has 0 aromatic heterocycles. The van der Waals surface area contributed by atoms with Crippen LogP contribution in [0.25, 0.3) is 0 Å². The highest BCUT2D eigenvalue weighted by Gasteiger charge is 2.12. The summed E-state index contributed by atoms with van der Waals surface area (Å²) in [5, 5.41) is 3.23. The van der Waals surface area contributed by atoms with Crippen molar-refractivity contribution < 1.29 is 0 Å². The van der Waals surface area contributed by atoms with Crippen LogP contribution in [0.5, 0.6) is 0 Å². The molecule has 0 spiro atoms. The van der Waals surface area contributed by atoms with Gasteiger partial charge in [-0.25, -0.2) is 4.99 Å². The van der Waals surface area contributed by atoms with Gasteiger partial charge >= 0.3 is 0 Å². The molecule has 0 radical (unpaired) electrons. The van der Waals surface area contributed by atoms with Crippen LogP contribution < -0.4 is 5.32 Å². The van der Waals surface area contributed by atoms with E-state index in [0.717, 1.165) is 11.4 Å². The molecule has 0 bridgehead atoms. The summed E-state index contributed by atoms with van der Waals surface area (Å²) in [6.07, 6.45) is 1.79. The maximum Gasteiger partial charge on any atom is 0.0930 e. The van der Waals surface area contributed by atoms with Gasteiger partial charge in [-0.15, -0.1) is 0 Å². The average Bonchev–Trinajstić information content (AvgIpc) is 2.48. The van der Waals surface area contributed by atoms with Crippen LogP contribution in [-0.4, -0.2) is 6.34 Å². The first-order chi connectivity index (χ1) is 10.1. The summed E-state index contributed by atoms with van der Waals surface area (Å²) >= 11 is 0. The molecule has 0 aliphatic heterocycles. The van der Waals surface area contributed by atoms with E-state index in [2.05, 4.69) is 51.2 Å². The minimum absolute atomic E-state index is 0.465. The summed E-state index contributed by atoms with van der Waals surface area (Å²) in [6, 6.07) is 16.6. The predicted molar refractivity (Wildman–Crippen MR) is 92.8 cm³/mol. The molecule has 0 saturated carbocycles. The molecule has 2 aromatic carbocycles. The fourth-order valence-electron chi connectivity index (χ4n) is 2.37.